The Bertz CT molecular complexity index is 1200. The zero-order valence-electron chi connectivity index (χ0n) is 21.7. The second-order valence-corrected chi connectivity index (χ2v) is 11.3. The number of benzene rings is 2. The van der Waals surface area contributed by atoms with E-state index in [1.165, 1.54) is 11.0 Å². The number of carbonyl (C=O) groups is 2. The van der Waals surface area contributed by atoms with Crippen LogP contribution in [0.4, 0.5) is 18.9 Å². The molecule has 204 valence electrons. The number of carbonyl (C=O) groups excluding carboxylic acids is 2. The summed E-state index contributed by atoms with van der Waals surface area (Å²) < 4.78 is 65.7. The van der Waals surface area contributed by atoms with Gasteiger partial charge in [0.15, 0.2) is 0 Å². The number of nitrogens with one attached hydrogen (secondary N) is 1. The SMILES string of the molecule is CC[C@@H](C(=O)NCC(C)C)N(Cc1cccc(C)c1)C(=O)CN(c1cccc(C(F)(F)F)c1)S(C)(=O)=O. The molecule has 0 heterocycles. The number of hydrogen-bond donors (Lipinski definition) is 1. The maximum Gasteiger partial charge on any atom is 0.416 e. The van der Waals surface area contributed by atoms with Crippen molar-refractivity contribution in [2.45, 2.75) is 52.9 Å². The van der Waals surface area contributed by atoms with Crippen molar-refractivity contribution < 1.29 is 31.2 Å². The molecule has 0 bridgehead atoms. The Kier molecular flexibility index (Phi) is 10.1. The molecule has 0 aliphatic rings. The molecule has 0 aliphatic carbocycles. The van der Waals surface area contributed by atoms with Crippen molar-refractivity contribution in [3.05, 3.63) is 65.2 Å². The smallest absolute Gasteiger partial charge is 0.354 e. The number of aryl methyl sites for hydroxylation is 1. The van der Waals surface area contributed by atoms with Crippen LogP contribution in [0.25, 0.3) is 0 Å². The second kappa shape index (κ2) is 12.4. The minimum atomic E-state index is -4.69. The molecular weight excluding hydrogens is 507 g/mol. The van der Waals surface area contributed by atoms with Crippen LogP contribution >= 0.6 is 0 Å². The predicted octanol–water partition coefficient (Wildman–Crippen LogP) is 4.36. The largest absolute Gasteiger partial charge is 0.416 e. The standard InChI is InChI=1S/C26H34F3N3O4S/c1-6-23(25(34)30-15-18(2)3)31(16-20-10-7-9-19(4)13-20)24(33)17-32(37(5,35)36)22-12-8-11-21(14-22)26(27,28)29/h7-14,18,23H,6,15-17H2,1-5H3,(H,30,34)/t23-/m0/s1. The molecule has 0 fully saturated rings. The Morgan fingerprint density at radius 1 is 1.05 bits per heavy atom. The van der Waals surface area contributed by atoms with Gasteiger partial charge in [0.1, 0.15) is 12.6 Å². The zero-order valence-corrected chi connectivity index (χ0v) is 22.5. The highest BCUT2D eigenvalue weighted by molar-refractivity contribution is 7.92. The molecule has 7 nitrogen and oxygen atoms in total. The van der Waals surface area contributed by atoms with Gasteiger partial charge in [-0.2, -0.15) is 13.2 Å². The van der Waals surface area contributed by atoms with Crippen molar-refractivity contribution in [3.63, 3.8) is 0 Å². The zero-order chi connectivity index (χ0) is 28.0. The summed E-state index contributed by atoms with van der Waals surface area (Å²) in [6.45, 7) is 7.11. The van der Waals surface area contributed by atoms with E-state index in [-0.39, 0.29) is 30.5 Å². The first-order valence-corrected chi connectivity index (χ1v) is 13.8. The van der Waals surface area contributed by atoms with Gasteiger partial charge in [0.05, 0.1) is 17.5 Å². The molecule has 0 saturated heterocycles. The highest BCUT2D eigenvalue weighted by Crippen LogP contribution is 2.32. The molecule has 2 aromatic carbocycles. The lowest BCUT2D eigenvalue weighted by Gasteiger charge is -2.33. The molecule has 0 radical (unpaired) electrons. The van der Waals surface area contributed by atoms with Crippen molar-refractivity contribution in [3.8, 4) is 0 Å². The van der Waals surface area contributed by atoms with Crippen molar-refractivity contribution in [1.82, 2.24) is 10.2 Å². The van der Waals surface area contributed by atoms with Gasteiger partial charge in [-0.3, -0.25) is 13.9 Å². The first-order chi connectivity index (χ1) is 17.1. The quantitative estimate of drug-likeness (QED) is 0.458. The maximum atomic E-state index is 13.6. The molecule has 2 rings (SSSR count). The Balaban J connectivity index is 2.47. The highest BCUT2D eigenvalue weighted by atomic mass is 32.2. The number of rotatable bonds is 11. The first-order valence-electron chi connectivity index (χ1n) is 11.9. The van der Waals surface area contributed by atoms with Crippen LogP contribution in [0, 0.1) is 12.8 Å². The van der Waals surface area contributed by atoms with E-state index < -0.39 is 40.3 Å². The van der Waals surface area contributed by atoms with Gasteiger partial charge in [-0.15, -0.1) is 0 Å². The third kappa shape index (κ3) is 8.77. The van der Waals surface area contributed by atoms with Crippen LogP contribution < -0.4 is 9.62 Å². The van der Waals surface area contributed by atoms with E-state index in [0.717, 1.165) is 29.5 Å². The Hall–Kier alpha value is -3.08. The molecule has 0 unspecified atom stereocenters. The molecule has 0 spiro atoms. The molecule has 37 heavy (non-hydrogen) atoms. The van der Waals surface area contributed by atoms with Crippen LogP contribution in [0.2, 0.25) is 0 Å². The Morgan fingerprint density at radius 3 is 2.24 bits per heavy atom. The fraction of sp³-hybridized carbons (Fsp3) is 0.462. The summed E-state index contributed by atoms with van der Waals surface area (Å²) >= 11 is 0. The second-order valence-electron chi connectivity index (χ2n) is 9.39. The van der Waals surface area contributed by atoms with Crippen LogP contribution in [0.1, 0.15) is 43.9 Å². The fourth-order valence-electron chi connectivity index (χ4n) is 3.80. The van der Waals surface area contributed by atoms with Gasteiger partial charge >= 0.3 is 6.18 Å². The predicted molar refractivity (Wildman–Crippen MR) is 137 cm³/mol. The number of hydrogen-bond acceptors (Lipinski definition) is 4. The van der Waals surface area contributed by atoms with Crippen LogP contribution in [0.15, 0.2) is 48.5 Å². The van der Waals surface area contributed by atoms with Gasteiger partial charge in [-0.1, -0.05) is 56.7 Å². The summed E-state index contributed by atoms with van der Waals surface area (Å²) in [4.78, 5) is 27.9. The van der Waals surface area contributed by atoms with Gasteiger partial charge in [0.2, 0.25) is 21.8 Å². The van der Waals surface area contributed by atoms with E-state index in [0.29, 0.717) is 16.9 Å². The van der Waals surface area contributed by atoms with Crippen molar-refractivity contribution in [1.29, 1.82) is 0 Å². The van der Waals surface area contributed by atoms with Crippen LogP contribution in [0.5, 0.6) is 0 Å². The monoisotopic (exact) mass is 541 g/mol. The van der Waals surface area contributed by atoms with E-state index >= 15 is 0 Å². The number of anilines is 1. The molecule has 2 aromatic rings. The summed E-state index contributed by atoms with van der Waals surface area (Å²) in [7, 11) is -4.14. The lowest BCUT2D eigenvalue weighted by Crippen LogP contribution is -2.52. The van der Waals surface area contributed by atoms with Crippen molar-refractivity contribution >= 4 is 27.5 Å². The summed E-state index contributed by atoms with van der Waals surface area (Å²) in [6, 6.07) is 10.2. The summed E-state index contributed by atoms with van der Waals surface area (Å²) in [5.41, 5.74) is 0.332. The number of amides is 2. The summed E-state index contributed by atoms with van der Waals surface area (Å²) in [5.74, 6) is -0.929. The van der Waals surface area contributed by atoms with E-state index in [4.69, 9.17) is 0 Å². The molecule has 0 saturated carbocycles. The summed E-state index contributed by atoms with van der Waals surface area (Å²) in [6.07, 6.45) is -3.62. The summed E-state index contributed by atoms with van der Waals surface area (Å²) in [5, 5.41) is 2.82. The Morgan fingerprint density at radius 2 is 1.70 bits per heavy atom. The molecule has 11 heteroatoms. The maximum absolute atomic E-state index is 13.6. The minimum Gasteiger partial charge on any atom is -0.354 e. The molecule has 0 aromatic heterocycles. The topological polar surface area (TPSA) is 86.8 Å². The lowest BCUT2D eigenvalue weighted by atomic mass is 10.1. The fourth-order valence-corrected chi connectivity index (χ4v) is 4.64. The van der Waals surface area contributed by atoms with E-state index in [9.17, 15) is 31.2 Å². The molecule has 0 aliphatic heterocycles. The highest BCUT2D eigenvalue weighted by Gasteiger charge is 2.34. The van der Waals surface area contributed by atoms with Gasteiger partial charge in [0.25, 0.3) is 0 Å². The van der Waals surface area contributed by atoms with Gasteiger partial charge < -0.3 is 10.2 Å². The average Bonchev–Trinajstić information content (AvgIpc) is 2.79. The van der Waals surface area contributed by atoms with Gasteiger partial charge in [-0.05, 0) is 43.0 Å². The third-order valence-corrected chi connectivity index (χ3v) is 6.79. The van der Waals surface area contributed by atoms with Crippen LogP contribution in [0.3, 0.4) is 0 Å². The molecule has 1 atom stereocenters. The normalized spacial score (nSPS) is 12.8. The minimum absolute atomic E-state index is 0.0221. The lowest BCUT2D eigenvalue weighted by molar-refractivity contribution is -0.140. The molecule has 1 N–H and O–H groups in total. The number of sulfonamides is 1. The number of alkyl halides is 3. The first kappa shape index (κ1) is 30.1. The number of nitrogens with zero attached hydrogens (tertiary/aromatic N) is 2. The van der Waals surface area contributed by atoms with Crippen LogP contribution in [-0.4, -0.2) is 50.5 Å². The van der Waals surface area contributed by atoms with Gasteiger partial charge in [0, 0.05) is 13.1 Å². The molecule has 2 amide bonds. The average molecular weight is 542 g/mol. The van der Waals surface area contributed by atoms with Crippen LogP contribution in [-0.2, 0) is 32.3 Å². The van der Waals surface area contributed by atoms with E-state index in [1.807, 2.05) is 32.9 Å². The number of halogens is 3. The molecular formula is C26H34F3N3O4S. The third-order valence-electron chi connectivity index (χ3n) is 5.65. The Labute approximate surface area is 216 Å². The van der Waals surface area contributed by atoms with Crippen molar-refractivity contribution in [2.24, 2.45) is 5.92 Å². The van der Waals surface area contributed by atoms with E-state index in [1.54, 1.807) is 19.1 Å². The van der Waals surface area contributed by atoms with E-state index in [2.05, 4.69) is 5.32 Å². The van der Waals surface area contributed by atoms with Crippen molar-refractivity contribution in [2.75, 3.05) is 23.7 Å². The van der Waals surface area contributed by atoms with Gasteiger partial charge in [-0.25, -0.2) is 8.42 Å².